The highest BCUT2D eigenvalue weighted by atomic mass is 16.3. The molecular formula is C20H24N2O3. The Morgan fingerprint density at radius 1 is 1.28 bits per heavy atom. The van der Waals surface area contributed by atoms with Gasteiger partial charge in [0.2, 0.25) is 0 Å². The van der Waals surface area contributed by atoms with Gasteiger partial charge in [0.15, 0.2) is 5.78 Å². The molecule has 25 heavy (non-hydrogen) atoms. The smallest absolute Gasteiger partial charge is 0.268 e. The summed E-state index contributed by atoms with van der Waals surface area (Å²) in [7, 11) is 0. The van der Waals surface area contributed by atoms with Gasteiger partial charge in [-0.25, -0.2) is 0 Å². The van der Waals surface area contributed by atoms with E-state index >= 15 is 0 Å². The number of amides is 1. The van der Waals surface area contributed by atoms with Crippen LogP contribution < -0.4 is 5.32 Å². The Labute approximate surface area is 147 Å². The fourth-order valence-corrected chi connectivity index (χ4v) is 3.82. The second-order valence-corrected chi connectivity index (χ2v) is 7.05. The van der Waals surface area contributed by atoms with Crippen LogP contribution in [0.3, 0.4) is 0 Å². The van der Waals surface area contributed by atoms with Crippen LogP contribution in [-0.2, 0) is 6.42 Å². The van der Waals surface area contributed by atoms with E-state index in [2.05, 4.69) is 10.3 Å². The number of carbonyl (C=O) groups is 2. The lowest BCUT2D eigenvalue weighted by Crippen LogP contribution is -2.34. The van der Waals surface area contributed by atoms with E-state index in [-0.39, 0.29) is 17.6 Å². The van der Waals surface area contributed by atoms with Gasteiger partial charge in [-0.05, 0) is 36.5 Å². The number of nitrogens with one attached hydrogen (secondary N) is 2. The Morgan fingerprint density at radius 3 is 2.60 bits per heavy atom. The summed E-state index contributed by atoms with van der Waals surface area (Å²) in [6, 6.07) is 7.30. The summed E-state index contributed by atoms with van der Waals surface area (Å²) >= 11 is 0. The zero-order valence-corrected chi connectivity index (χ0v) is 15.0. The van der Waals surface area contributed by atoms with E-state index in [4.69, 9.17) is 0 Å². The molecule has 0 spiro atoms. The van der Waals surface area contributed by atoms with Crippen LogP contribution >= 0.6 is 0 Å². The highest BCUT2D eigenvalue weighted by molar-refractivity contribution is 6.03. The van der Waals surface area contributed by atoms with E-state index in [1.807, 2.05) is 38.1 Å². The van der Waals surface area contributed by atoms with Crippen molar-refractivity contribution in [3.8, 4) is 0 Å². The highest BCUT2D eigenvalue weighted by Gasteiger charge is 2.33. The first-order valence-corrected chi connectivity index (χ1v) is 8.61. The molecule has 0 fully saturated rings. The summed E-state index contributed by atoms with van der Waals surface area (Å²) in [6.45, 7) is 7.25. The summed E-state index contributed by atoms with van der Waals surface area (Å²) in [5, 5.41) is 13.3. The Kier molecular flexibility index (Phi) is 4.52. The number of aliphatic hydroxyl groups is 1. The van der Waals surface area contributed by atoms with Crippen molar-refractivity contribution in [2.75, 3.05) is 0 Å². The minimum atomic E-state index is -0.646. The van der Waals surface area contributed by atoms with Crippen molar-refractivity contribution in [3.05, 3.63) is 57.9 Å². The maximum atomic E-state index is 12.9. The summed E-state index contributed by atoms with van der Waals surface area (Å²) < 4.78 is 0. The third-order valence-corrected chi connectivity index (χ3v) is 4.87. The molecular weight excluding hydrogens is 316 g/mol. The number of hydrogen-bond donors (Lipinski definition) is 3. The van der Waals surface area contributed by atoms with E-state index in [1.165, 1.54) is 6.92 Å². The van der Waals surface area contributed by atoms with E-state index in [0.29, 0.717) is 23.4 Å². The zero-order chi connectivity index (χ0) is 18.3. The molecule has 3 N–H and O–H groups in total. The number of Topliss-reactive ketones (excluding diaryl/α,β-unsaturated/α-hetero) is 1. The Morgan fingerprint density at radius 2 is 1.96 bits per heavy atom. The molecule has 5 nitrogen and oxygen atoms in total. The molecule has 1 aliphatic rings. The molecule has 2 atom stereocenters. The lowest BCUT2D eigenvalue weighted by Gasteiger charge is -2.18. The van der Waals surface area contributed by atoms with Crippen molar-refractivity contribution in [1.29, 1.82) is 0 Å². The van der Waals surface area contributed by atoms with Gasteiger partial charge in [-0.15, -0.1) is 0 Å². The summed E-state index contributed by atoms with van der Waals surface area (Å²) in [5.41, 5.74) is 4.44. The minimum Gasteiger partial charge on any atom is -0.390 e. The van der Waals surface area contributed by atoms with Crippen LogP contribution in [0, 0.1) is 6.92 Å². The molecule has 0 saturated carbocycles. The highest BCUT2D eigenvalue weighted by Crippen LogP contribution is 2.32. The molecule has 0 aliphatic heterocycles. The molecule has 3 rings (SSSR count). The fourth-order valence-electron chi connectivity index (χ4n) is 3.82. The topological polar surface area (TPSA) is 82.2 Å². The predicted octanol–water partition coefficient (Wildman–Crippen LogP) is 3.04. The number of fused-ring (bicyclic) bond motifs is 1. The number of aryl methyl sites for hydroxylation is 1. The predicted molar refractivity (Wildman–Crippen MR) is 96.0 cm³/mol. The number of ketones is 1. The third-order valence-electron chi connectivity index (χ3n) is 4.87. The number of rotatable bonds is 4. The van der Waals surface area contributed by atoms with Crippen molar-refractivity contribution in [2.24, 2.45) is 0 Å². The molecule has 0 radical (unpaired) electrons. The quantitative estimate of drug-likeness (QED) is 0.748. The van der Waals surface area contributed by atoms with Crippen LogP contribution in [-0.4, -0.2) is 27.9 Å². The lowest BCUT2D eigenvalue weighted by atomic mass is 9.95. The van der Waals surface area contributed by atoms with Crippen LogP contribution in [0.4, 0.5) is 0 Å². The molecule has 1 aromatic heterocycles. The summed E-state index contributed by atoms with van der Waals surface area (Å²) in [5.74, 6) is -0.312. The molecule has 1 heterocycles. The molecule has 0 bridgehead atoms. The average Bonchev–Trinajstić information content (AvgIpc) is 3.05. The van der Waals surface area contributed by atoms with Gasteiger partial charge in [0, 0.05) is 17.7 Å². The second-order valence-electron chi connectivity index (χ2n) is 7.05. The Balaban J connectivity index is 1.95. The molecule has 2 aromatic rings. The molecule has 0 saturated heterocycles. The maximum absolute atomic E-state index is 12.9. The van der Waals surface area contributed by atoms with Gasteiger partial charge in [-0.1, -0.05) is 38.1 Å². The van der Waals surface area contributed by atoms with Gasteiger partial charge in [-0.3, -0.25) is 9.59 Å². The van der Waals surface area contributed by atoms with Gasteiger partial charge >= 0.3 is 0 Å². The van der Waals surface area contributed by atoms with Crippen molar-refractivity contribution in [2.45, 2.75) is 52.2 Å². The number of aromatic amines is 1. The molecule has 1 aromatic carbocycles. The Bertz CT molecular complexity index is 835. The molecule has 132 valence electrons. The summed E-state index contributed by atoms with van der Waals surface area (Å²) in [6.07, 6.45) is -0.118. The summed E-state index contributed by atoms with van der Waals surface area (Å²) in [4.78, 5) is 28.0. The van der Waals surface area contributed by atoms with Crippen molar-refractivity contribution >= 4 is 11.7 Å². The first kappa shape index (κ1) is 17.4. The van der Waals surface area contributed by atoms with Crippen LogP contribution in [0.5, 0.6) is 0 Å². The van der Waals surface area contributed by atoms with E-state index in [1.54, 1.807) is 6.92 Å². The minimum absolute atomic E-state index is 0.0328. The molecule has 1 aliphatic carbocycles. The standard InChI is InChI=1S/C20H24N2O3/c1-10(2)16-17(12(4)23)11(3)21-19(16)20(25)22-18-14-8-6-5-7-13(14)9-15(18)24/h5-8,10,15,18,21,24H,9H2,1-4H3,(H,22,25)/t15-,18+/m0/s1. The first-order valence-electron chi connectivity index (χ1n) is 8.61. The van der Waals surface area contributed by atoms with Crippen LogP contribution in [0.25, 0.3) is 0 Å². The van der Waals surface area contributed by atoms with Crippen molar-refractivity contribution in [1.82, 2.24) is 10.3 Å². The average molecular weight is 340 g/mol. The largest absolute Gasteiger partial charge is 0.390 e. The number of carbonyl (C=O) groups excluding carboxylic acids is 2. The normalized spacial score (nSPS) is 19.1. The van der Waals surface area contributed by atoms with Crippen molar-refractivity contribution < 1.29 is 14.7 Å². The number of aromatic nitrogens is 1. The van der Waals surface area contributed by atoms with Crippen LogP contribution in [0.15, 0.2) is 24.3 Å². The van der Waals surface area contributed by atoms with Gasteiger partial charge in [0.1, 0.15) is 5.69 Å². The molecule has 0 unspecified atom stereocenters. The van der Waals surface area contributed by atoms with Crippen molar-refractivity contribution in [3.63, 3.8) is 0 Å². The van der Waals surface area contributed by atoms with Gasteiger partial charge < -0.3 is 15.4 Å². The number of benzene rings is 1. The maximum Gasteiger partial charge on any atom is 0.268 e. The van der Waals surface area contributed by atoms with E-state index in [9.17, 15) is 14.7 Å². The van der Waals surface area contributed by atoms with Gasteiger partial charge in [-0.2, -0.15) is 0 Å². The number of hydrogen-bond acceptors (Lipinski definition) is 3. The van der Waals surface area contributed by atoms with E-state index in [0.717, 1.165) is 16.7 Å². The van der Waals surface area contributed by atoms with E-state index < -0.39 is 12.1 Å². The van der Waals surface area contributed by atoms with Crippen LogP contribution in [0.1, 0.15) is 76.0 Å². The fraction of sp³-hybridized carbons (Fsp3) is 0.400. The number of H-pyrrole nitrogens is 1. The lowest BCUT2D eigenvalue weighted by molar-refractivity contribution is 0.0852. The molecule has 5 heteroatoms. The number of aliphatic hydroxyl groups excluding tert-OH is 1. The van der Waals surface area contributed by atoms with Gasteiger partial charge in [0.05, 0.1) is 12.1 Å². The third kappa shape index (κ3) is 3.00. The van der Waals surface area contributed by atoms with Crippen LogP contribution in [0.2, 0.25) is 0 Å². The zero-order valence-electron chi connectivity index (χ0n) is 15.0. The first-order chi connectivity index (χ1) is 11.8. The molecule has 1 amide bonds. The Hall–Kier alpha value is -2.40. The second kappa shape index (κ2) is 6.48. The monoisotopic (exact) mass is 340 g/mol. The SMILES string of the molecule is CC(=O)c1c(C)[nH]c(C(=O)N[C@@H]2c3ccccc3C[C@@H]2O)c1C(C)C. The van der Waals surface area contributed by atoms with Gasteiger partial charge in [0.25, 0.3) is 5.91 Å².